The topological polar surface area (TPSA) is 21.3 Å². The van der Waals surface area contributed by atoms with Crippen LogP contribution in [0.5, 0.6) is 5.75 Å². The maximum Gasteiger partial charge on any atom is 0.119 e. The van der Waals surface area contributed by atoms with Crippen LogP contribution < -0.4 is 10.1 Å². The summed E-state index contributed by atoms with van der Waals surface area (Å²) in [5.41, 5.74) is 0. The highest BCUT2D eigenvalue weighted by atomic mass is 35.5. The van der Waals surface area contributed by atoms with E-state index < -0.39 is 0 Å². The lowest BCUT2D eigenvalue weighted by atomic mass is 10.1. The lowest BCUT2D eigenvalue weighted by molar-refractivity contribution is 0.259. The molecule has 98 valence electrons. The van der Waals surface area contributed by atoms with Crippen molar-refractivity contribution in [2.24, 2.45) is 0 Å². The molecule has 0 aliphatic carbocycles. The zero-order valence-corrected chi connectivity index (χ0v) is 11.8. The fourth-order valence-corrected chi connectivity index (χ4v) is 1.76. The number of rotatable bonds is 7. The minimum absolute atomic E-state index is 0.339. The Hall–Kier alpha value is -1.17. The van der Waals surface area contributed by atoms with Crippen molar-refractivity contribution >= 4 is 11.6 Å². The molecular formula is C15H20ClNO. The Morgan fingerprint density at radius 1 is 1.33 bits per heavy atom. The number of ether oxygens (including phenoxy) is 1. The number of benzene rings is 1. The van der Waals surface area contributed by atoms with Crippen LogP contribution in [-0.2, 0) is 0 Å². The largest absolute Gasteiger partial charge is 0.492 e. The molecule has 0 spiro atoms. The molecule has 18 heavy (non-hydrogen) atoms. The van der Waals surface area contributed by atoms with Crippen LogP contribution >= 0.6 is 11.6 Å². The van der Waals surface area contributed by atoms with Crippen molar-refractivity contribution < 1.29 is 4.74 Å². The fraction of sp³-hybridized carbons (Fsp3) is 0.467. The molecule has 0 amide bonds. The minimum atomic E-state index is 0.339. The third-order valence-electron chi connectivity index (χ3n) is 2.55. The molecule has 1 atom stereocenters. The molecule has 0 saturated carbocycles. The van der Waals surface area contributed by atoms with Gasteiger partial charge >= 0.3 is 0 Å². The molecule has 1 rings (SSSR count). The van der Waals surface area contributed by atoms with E-state index in [1.807, 2.05) is 31.2 Å². The molecule has 0 aromatic heterocycles. The molecule has 0 aliphatic rings. The average Bonchev–Trinajstić information content (AvgIpc) is 2.38. The van der Waals surface area contributed by atoms with Gasteiger partial charge in [-0.2, -0.15) is 0 Å². The van der Waals surface area contributed by atoms with Crippen molar-refractivity contribution in [2.45, 2.75) is 32.7 Å². The Morgan fingerprint density at radius 3 is 2.67 bits per heavy atom. The van der Waals surface area contributed by atoms with Gasteiger partial charge in [-0.1, -0.05) is 18.5 Å². The molecule has 1 aromatic carbocycles. The van der Waals surface area contributed by atoms with Gasteiger partial charge in [-0.15, -0.1) is 11.8 Å². The highest BCUT2D eigenvalue weighted by Gasteiger charge is 2.07. The number of hydrogen-bond donors (Lipinski definition) is 1. The zero-order valence-electron chi connectivity index (χ0n) is 11.0. The van der Waals surface area contributed by atoms with Crippen molar-refractivity contribution in [3.05, 3.63) is 29.3 Å². The van der Waals surface area contributed by atoms with E-state index in [-0.39, 0.29) is 0 Å². The second-order valence-corrected chi connectivity index (χ2v) is 4.42. The third-order valence-corrected chi connectivity index (χ3v) is 2.80. The lowest BCUT2D eigenvalue weighted by Gasteiger charge is -2.17. The maximum atomic E-state index is 5.83. The highest BCUT2D eigenvalue weighted by molar-refractivity contribution is 6.30. The lowest BCUT2D eigenvalue weighted by Crippen LogP contribution is -2.34. The van der Waals surface area contributed by atoms with Crippen molar-refractivity contribution in [2.75, 3.05) is 13.2 Å². The van der Waals surface area contributed by atoms with Crippen LogP contribution in [-0.4, -0.2) is 19.2 Å². The van der Waals surface area contributed by atoms with E-state index >= 15 is 0 Å². The Balaban J connectivity index is 2.39. The fourth-order valence-electron chi connectivity index (χ4n) is 1.63. The van der Waals surface area contributed by atoms with Crippen molar-refractivity contribution in [1.29, 1.82) is 0 Å². The van der Waals surface area contributed by atoms with Gasteiger partial charge in [0, 0.05) is 17.5 Å². The molecule has 0 radical (unpaired) electrons. The maximum absolute atomic E-state index is 5.83. The predicted molar refractivity (Wildman–Crippen MR) is 77.1 cm³/mol. The van der Waals surface area contributed by atoms with Crippen molar-refractivity contribution in [3.8, 4) is 17.6 Å². The van der Waals surface area contributed by atoms with E-state index in [0.29, 0.717) is 12.6 Å². The average molecular weight is 266 g/mol. The molecule has 3 heteroatoms. The van der Waals surface area contributed by atoms with E-state index in [9.17, 15) is 0 Å². The van der Waals surface area contributed by atoms with Crippen molar-refractivity contribution in [1.82, 2.24) is 5.32 Å². The van der Waals surface area contributed by atoms with Crippen LogP contribution in [0.3, 0.4) is 0 Å². The third kappa shape index (κ3) is 5.95. The van der Waals surface area contributed by atoms with E-state index in [4.69, 9.17) is 16.3 Å². The second kappa shape index (κ2) is 8.85. The Morgan fingerprint density at radius 2 is 2.06 bits per heavy atom. The van der Waals surface area contributed by atoms with Gasteiger partial charge in [0.2, 0.25) is 0 Å². The summed E-state index contributed by atoms with van der Waals surface area (Å²) in [4.78, 5) is 0. The molecule has 0 saturated heterocycles. The van der Waals surface area contributed by atoms with Gasteiger partial charge in [0.15, 0.2) is 0 Å². The van der Waals surface area contributed by atoms with E-state index in [1.54, 1.807) is 0 Å². The smallest absolute Gasteiger partial charge is 0.119 e. The van der Waals surface area contributed by atoms with Gasteiger partial charge in [-0.25, -0.2) is 0 Å². The van der Waals surface area contributed by atoms with Gasteiger partial charge in [0.25, 0.3) is 0 Å². The Labute approximate surface area is 115 Å². The summed E-state index contributed by atoms with van der Waals surface area (Å²) in [7, 11) is 0. The normalized spacial score (nSPS) is 11.5. The summed E-state index contributed by atoms with van der Waals surface area (Å²) < 4.78 is 5.74. The Bertz CT molecular complexity index is 391. The molecule has 0 heterocycles. The van der Waals surface area contributed by atoms with E-state index in [1.165, 1.54) is 0 Å². The summed E-state index contributed by atoms with van der Waals surface area (Å²) in [6.45, 7) is 5.56. The van der Waals surface area contributed by atoms with Gasteiger partial charge in [0.05, 0.1) is 0 Å². The molecule has 2 nitrogen and oxygen atoms in total. The Kier molecular flexibility index (Phi) is 7.32. The highest BCUT2D eigenvalue weighted by Crippen LogP contribution is 2.15. The SMILES string of the molecule is CC#CCCC(COc1ccc(Cl)cc1)NCC. The van der Waals surface area contributed by atoms with E-state index in [2.05, 4.69) is 24.1 Å². The van der Waals surface area contributed by atoms with Crippen LogP contribution in [0.2, 0.25) is 5.02 Å². The number of likely N-dealkylation sites (N-methyl/N-ethyl adjacent to an activating group) is 1. The van der Waals surface area contributed by atoms with Crippen LogP contribution in [0.4, 0.5) is 0 Å². The van der Waals surface area contributed by atoms with Gasteiger partial charge < -0.3 is 10.1 Å². The number of hydrogen-bond acceptors (Lipinski definition) is 2. The van der Waals surface area contributed by atoms with Crippen LogP contribution in [0, 0.1) is 11.8 Å². The molecule has 0 fully saturated rings. The van der Waals surface area contributed by atoms with Gasteiger partial charge in [-0.05, 0) is 44.2 Å². The van der Waals surface area contributed by atoms with Crippen LogP contribution in [0.15, 0.2) is 24.3 Å². The second-order valence-electron chi connectivity index (χ2n) is 3.98. The molecule has 1 aromatic rings. The monoisotopic (exact) mass is 265 g/mol. The number of nitrogens with one attached hydrogen (secondary N) is 1. The molecule has 0 bridgehead atoms. The minimum Gasteiger partial charge on any atom is -0.492 e. The first-order valence-corrected chi connectivity index (χ1v) is 6.65. The molecule has 1 N–H and O–H groups in total. The first-order chi connectivity index (χ1) is 8.76. The first-order valence-electron chi connectivity index (χ1n) is 6.27. The number of halogens is 1. The summed E-state index contributed by atoms with van der Waals surface area (Å²) in [6, 6.07) is 7.78. The standard InChI is InChI=1S/C15H20ClNO/c1-3-5-6-7-14(17-4-2)12-18-15-10-8-13(16)9-11-15/h8-11,14,17H,4,6-7,12H2,1-2H3. The first kappa shape index (κ1) is 14.9. The van der Waals surface area contributed by atoms with Crippen LogP contribution in [0.1, 0.15) is 26.7 Å². The molecular weight excluding hydrogens is 246 g/mol. The van der Waals surface area contributed by atoms with Crippen molar-refractivity contribution in [3.63, 3.8) is 0 Å². The molecule has 0 aliphatic heterocycles. The van der Waals surface area contributed by atoms with Crippen LogP contribution in [0.25, 0.3) is 0 Å². The summed E-state index contributed by atoms with van der Waals surface area (Å²) >= 11 is 5.83. The van der Waals surface area contributed by atoms with E-state index in [0.717, 1.165) is 30.2 Å². The summed E-state index contributed by atoms with van der Waals surface area (Å²) in [5.74, 6) is 6.84. The predicted octanol–water partition coefficient (Wildman–Crippen LogP) is 3.50. The molecule has 1 unspecified atom stereocenters. The quantitative estimate of drug-likeness (QED) is 0.762. The summed E-state index contributed by atoms with van der Waals surface area (Å²) in [6.07, 6.45) is 1.90. The van der Waals surface area contributed by atoms with Gasteiger partial charge in [-0.3, -0.25) is 0 Å². The zero-order chi connectivity index (χ0) is 13.2. The van der Waals surface area contributed by atoms with Gasteiger partial charge in [0.1, 0.15) is 12.4 Å². The summed E-state index contributed by atoms with van der Waals surface area (Å²) in [5, 5.41) is 4.13.